The first-order valence-corrected chi connectivity index (χ1v) is 11.4. The Morgan fingerprint density at radius 1 is 1.19 bits per heavy atom. The summed E-state index contributed by atoms with van der Waals surface area (Å²) >= 11 is 0. The van der Waals surface area contributed by atoms with Crippen molar-refractivity contribution in [3.05, 3.63) is 35.9 Å². The van der Waals surface area contributed by atoms with E-state index in [1.54, 1.807) is 18.9 Å². The Morgan fingerprint density at radius 3 is 2.32 bits per heavy atom. The SMILES string of the molecule is COCC1(C(C)N(C(C)=O)[C@@H]2CC2c2ccccc2)CCN(C(=O)OC(C)(C)C)CC1. The molecule has 2 aliphatic rings. The molecule has 2 unspecified atom stereocenters. The van der Waals surface area contributed by atoms with Gasteiger partial charge in [-0.3, -0.25) is 4.79 Å². The van der Waals surface area contributed by atoms with E-state index in [4.69, 9.17) is 9.47 Å². The van der Waals surface area contributed by atoms with Crippen LogP contribution in [-0.2, 0) is 14.3 Å². The molecule has 0 spiro atoms. The standard InChI is InChI=1S/C25H38N2O4/c1-18(27(19(2)28)22-16-21(22)20-10-8-7-9-11-20)25(17-30-6)12-14-26(15-13-25)23(29)31-24(3,4)5/h7-11,18,21-22H,12-17H2,1-6H3/t18?,21?,22-/m1/s1. The van der Waals surface area contributed by atoms with E-state index in [0.29, 0.717) is 25.6 Å². The van der Waals surface area contributed by atoms with Crippen LogP contribution in [0.2, 0.25) is 0 Å². The molecule has 2 amide bonds. The van der Waals surface area contributed by atoms with Gasteiger partial charge in [0.2, 0.25) is 5.91 Å². The molecule has 1 saturated carbocycles. The largest absolute Gasteiger partial charge is 0.444 e. The molecular formula is C25H38N2O4. The highest BCUT2D eigenvalue weighted by Crippen LogP contribution is 2.49. The lowest BCUT2D eigenvalue weighted by Gasteiger charge is -2.48. The van der Waals surface area contributed by atoms with E-state index in [1.165, 1.54) is 5.56 Å². The summed E-state index contributed by atoms with van der Waals surface area (Å²) in [6, 6.07) is 10.7. The van der Waals surface area contributed by atoms with E-state index in [0.717, 1.165) is 19.3 Å². The maximum absolute atomic E-state index is 12.8. The van der Waals surface area contributed by atoms with Crippen molar-refractivity contribution in [1.82, 2.24) is 9.80 Å². The highest BCUT2D eigenvalue weighted by Gasteiger charge is 2.51. The molecule has 3 rings (SSSR count). The van der Waals surface area contributed by atoms with Crippen molar-refractivity contribution in [3.8, 4) is 0 Å². The number of hydrogen-bond donors (Lipinski definition) is 0. The van der Waals surface area contributed by atoms with Crippen LogP contribution in [0, 0.1) is 5.41 Å². The van der Waals surface area contributed by atoms with Crippen LogP contribution >= 0.6 is 0 Å². The smallest absolute Gasteiger partial charge is 0.410 e. The van der Waals surface area contributed by atoms with Crippen molar-refractivity contribution < 1.29 is 19.1 Å². The molecule has 1 aliphatic heterocycles. The molecule has 1 aliphatic carbocycles. The summed E-state index contributed by atoms with van der Waals surface area (Å²) in [6.45, 7) is 11.3. The second kappa shape index (κ2) is 9.19. The summed E-state index contributed by atoms with van der Waals surface area (Å²) < 4.78 is 11.2. The minimum absolute atomic E-state index is 0.0319. The number of benzene rings is 1. The molecule has 3 atom stereocenters. The topological polar surface area (TPSA) is 59.1 Å². The molecule has 6 heteroatoms. The fourth-order valence-corrected chi connectivity index (χ4v) is 5.07. The van der Waals surface area contributed by atoms with Crippen LogP contribution in [0.15, 0.2) is 30.3 Å². The molecule has 1 aromatic carbocycles. The number of rotatable bonds is 6. The van der Waals surface area contributed by atoms with Crippen molar-refractivity contribution in [2.75, 3.05) is 26.8 Å². The summed E-state index contributed by atoms with van der Waals surface area (Å²) in [6.07, 6.45) is 2.31. The minimum atomic E-state index is -0.505. The lowest BCUT2D eigenvalue weighted by molar-refractivity contribution is -0.137. The summed E-state index contributed by atoms with van der Waals surface area (Å²) in [5.74, 6) is 0.509. The number of methoxy groups -OCH3 is 1. The Kier molecular flexibility index (Phi) is 6.99. The Hall–Kier alpha value is -2.08. The zero-order chi connectivity index (χ0) is 22.8. The molecule has 1 saturated heterocycles. The van der Waals surface area contributed by atoms with Gasteiger partial charge in [0.1, 0.15) is 5.60 Å². The van der Waals surface area contributed by atoms with Gasteiger partial charge >= 0.3 is 6.09 Å². The van der Waals surface area contributed by atoms with E-state index in [2.05, 4.69) is 36.1 Å². The highest BCUT2D eigenvalue weighted by atomic mass is 16.6. The second-order valence-electron chi connectivity index (χ2n) is 10.2. The molecule has 0 radical (unpaired) electrons. The number of carbonyl (C=O) groups excluding carboxylic acids is 2. The minimum Gasteiger partial charge on any atom is -0.444 e. The summed E-state index contributed by atoms with van der Waals surface area (Å²) in [5, 5.41) is 0. The first-order chi connectivity index (χ1) is 14.6. The van der Waals surface area contributed by atoms with Gasteiger partial charge in [-0.25, -0.2) is 4.79 Å². The van der Waals surface area contributed by atoms with Crippen LogP contribution in [0.5, 0.6) is 0 Å². The lowest BCUT2D eigenvalue weighted by Crippen LogP contribution is -2.56. The maximum atomic E-state index is 12.8. The fourth-order valence-electron chi connectivity index (χ4n) is 5.07. The van der Waals surface area contributed by atoms with Gasteiger partial charge in [-0.15, -0.1) is 0 Å². The third-order valence-electron chi connectivity index (χ3n) is 6.85. The average Bonchev–Trinajstić information content (AvgIpc) is 3.48. The first-order valence-electron chi connectivity index (χ1n) is 11.4. The zero-order valence-electron chi connectivity index (χ0n) is 19.9. The molecule has 0 N–H and O–H groups in total. The van der Waals surface area contributed by atoms with E-state index in [9.17, 15) is 9.59 Å². The van der Waals surface area contributed by atoms with Gasteiger partial charge in [-0.05, 0) is 52.5 Å². The van der Waals surface area contributed by atoms with E-state index in [1.807, 2.05) is 26.8 Å². The van der Waals surface area contributed by atoms with Gasteiger partial charge in [0, 0.05) is 50.5 Å². The molecule has 2 fully saturated rings. The van der Waals surface area contributed by atoms with Gasteiger partial charge < -0.3 is 19.3 Å². The van der Waals surface area contributed by atoms with Crippen molar-refractivity contribution >= 4 is 12.0 Å². The Labute approximate surface area is 186 Å². The fraction of sp³-hybridized carbons (Fsp3) is 0.680. The number of hydrogen-bond acceptors (Lipinski definition) is 4. The molecule has 0 bridgehead atoms. The van der Waals surface area contributed by atoms with Crippen molar-refractivity contribution in [2.45, 2.75) is 77.5 Å². The summed E-state index contributed by atoms with van der Waals surface area (Å²) in [7, 11) is 1.72. The average molecular weight is 431 g/mol. The molecule has 6 nitrogen and oxygen atoms in total. The highest BCUT2D eigenvalue weighted by molar-refractivity contribution is 5.75. The van der Waals surface area contributed by atoms with Crippen LogP contribution in [0.25, 0.3) is 0 Å². The van der Waals surface area contributed by atoms with Gasteiger partial charge in [-0.1, -0.05) is 30.3 Å². The van der Waals surface area contributed by atoms with E-state index in [-0.39, 0.29) is 29.5 Å². The molecule has 172 valence electrons. The maximum Gasteiger partial charge on any atom is 0.410 e. The van der Waals surface area contributed by atoms with Gasteiger partial charge in [0.05, 0.1) is 6.61 Å². The number of amides is 2. The number of ether oxygens (including phenoxy) is 2. The van der Waals surface area contributed by atoms with Gasteiger partial charge in [-0.2, -0.15) is 0 Å². The number of likely N-dealkylation sites (tertiary alicyclic amines) is 1. The quantitative estimate of drug-likeness (QED) is 0.669. The number of nitrogens with zero attached hydrogens (tertiary/aromatic N) is 2. The second-order valence-corrected chi connectivity index (χ2v) is 10.2. The third kappa shape index (κ3) is 5.40. The summed E-state index contributed by atoms with van der Waals surface area (Å²) in [5.41, 5.74) is 0.615. The Balaban J connectivity index is 1.72. The summed E-state index contributed by atoms with van der Waals surface area (Å²) in [4.78, 5) is 29.2. The van der Waals surface area contributed by atoms with Crippen molar-refractivity contribution in [3.63, 3.8) is 0 Å². The number of carbonyl (C=O) groups is 2. The Morgan fingerprint density at radius 2 is 1.81 bits per heavy atom. The molecule has 0 aromatic heterocycles. The number of piperidine rings is 1. The molecule has 1 heterocycles. The van der Waals surface area contributed by atoms with Crippen LogP contribution in [0.3, 0.4) is 0 Å². The molecule has 1 aromatic rings. The van der Waals surface area contributed by atoms with Crippen LogP contribution in [0.4, 0.5) is 4.79 Å². The predicted octanol–water partition coefficient (Wildman–Crippen LogP) is 4.44. The molecular weight excluding hydrogens is 392 g/mol. The van der Waals surface area contributed by atoms with Crippen LogP contribution in [-0.4, -0.2) is 66.3 Å². The monoisotopic (exact) mass is 430 g/mol. The predicted molar refractivity (Wildman–Crippen MR) is 121 cm³/mol. The Bertz CT molecular complexity index is 765. The first kappa shape index (κ1) is 23.6. The van der Waals surface area contributed by atoms with Crippen LogP contribution < -0.4 is 0 Å². The zero-order valence-corrected chi connectivity index (χ0v) is 19.9. The van der Waals surface area contributed by atoms with Gasteiger partial charge in [0.15, 0.2) is 0 Å². The normalized spacial score (nSPS) is 23.7. The van der Waals surface area contributed by atoms with Crippen molar-refractivity contribution in [2.24, 2.45) is 5.41 Å². The van der Waals surface area contributed by atoms with Crippen LogP contribution in [0.1, 0.15) is 65.4 Å². The van der Waals surface area contributed by atoms with E-state index < -0.39 is 5.60 Å². The van der Waals surface area contributed by atoms with Gasteiger partial charge in [0.25, 0.3) is 0 Å². The molecule has 31 heavy (non-hydrogen) atoms. The lowest BCUT2D eigenvalue weighted by atomic mass is 9.72. The van der Waals surface area contributed by atoms with Crippen molar-refractivity contribution in [1.29, 1.82) is 0 Å². The van der Waals surface area contributed by atoms with E-state index >= 15 is 0 Å². The third-order valence-corrected chi connectivity index (χ3v) is 6.85.